The van der Waals surface area contributed by atoms with Crippen LogP contribution < -0.4 is 5.32 Å². The van der Waals surface area contributed by atoms with Crippen LogP contribution in [0.4, 0.5) is 5.69 Å². The van der Waals surface area contributed by atoms with E-state index in [9.17, 15) is 9.59 Å². The molecule has 25 heavy (non-hydrogen) atoms. The van der Waals surface area contributed by atoms with Gasteiger partial charge >= 0.3 is 0 Å². The first-order chi connectivity index (χ1) is 12.1. The topological polar surface area (TPSA) is 98.0 Å². The van der Waals surface area contributed by atoms with Crippen LogP contribution in [0.1, 0.15) is 29.6 Å². The Morgan fingerprint density at radius 1 is 1.12 bits per heavy atom. The number of nitrogens with one attached hydrogen (secondary N) is 1. The quantitative estimate of drug-likeness (QED) is 0.695. The molecule has 0 radical (unpaired) electrons. The van der Waals surface area contributed by atoms with Crippen LogP contribution in [-0.4, -0.2) is 26.8 Å². The van der Waals surface area contributed by atoms with E-state index in [0.29, 0.717) is 35.1 Å². The lowest BCUT2D eigenvalue weighted by atomic mass is 10.1. The zero-order valence-corrected chi connectivity index (χ0v) is 13.6. The summed E-state index contributed by atoms with van der Waals surface area (Å²) in [5.41, 5.74) is 1.85. The summed E-state index contributed by atoms with van der Waals surface area (Å²) in [4.78, 5) is 31.6. The predicted octanol–water partition coefficient (Wildman–Crippen LogP) is 2.91. The van der Waals surface area contributed by atoms with Gasteiger partial charge in [-0.25, -0.2) is 0 Å². The molecule has 0 atom stereocenters. The SMILES string of the molecule is CC(=O)c1ccc(NC(=O)CCc2nc(-c3ccccn3)no2)cc1. The zero-order chi connectivity index (χ0) is 17.6. The molecule has 7 nitrogen and oxygen atoms in total. The van der Waals surface area contributed by atoms with Crippen molar-refractivity contribution < 1.29 is 14.1 Å². The highest BCUT2D eigenvalue weighted by atomic mass is 16.5. The fourth-order valence-electron chi connectivity index (χ4n) is 2.19. The lowest BCUT2D eigenvalue weighted by Gasteiger charge is -2.04. The van der Waals surface area contributed by atoms with Crippen molar-refractivity contribution in [2.45, 2.75) is 19.8 Å². The van der Waals surface area contributed by atoms with Crippen molar-refractivity contribution in [1.82, 2.24) is 15.1 Å². The van der Waals surface area contributed by atoms with Gasteiger partial charge in [0.15, 0.2) is 5.78 Å². The van der Waals surface area contributed by atoms with Crippen LogP contribution in [-0.2, 0) is 11.2 Å². The molecule has 0 aliphatic carbocycles. The van der Waals surface area contributed by atoms with Crippen LogP contribution in [0, 0.1) is 0 Å². The van der Waals surface area contributed by atoms with Gasteiger partial charge in [-0.2, -0.15) is 4.98 Å². The lowest BCUT2D eigenvalue weighted by molar-refractivity contribution is -0.116. The van der Waals surface area contributed by atoms with E-state index in [1.807, 2.05) is 6.07 Å². The van der Waals surface area contributed by atoms with Crippen LogP contribution in [0.2, 0.25) is 0 Å². The number of aryl methyl sites for hydroxylation is 1. The fraction of sp³-hybridized carbons (Fsp3) is 0.167. The number of hydrogen-bond donors (Lipinski definition) is 1. The maximum atomic E-state index is 12.0. The number of nitrogens with zero attached hydrogens (tertiary/aromatic N) is 3. The summed E-state index contributed by atoms with van der Waals surface area (Å²) in [6.45, 7) is 1.50. The third-order valence-corrected chi connectivity index (χ3v) is 3.50. The Balaban J connectivity index is 1.54. The summed E-state index contributed by atoms with van der Waals surface area (Å²) in [5.74, 6) is 0.588. The molecule has 2 heterocycles. The second-order valence-electron chi connectivity index (χ2n) is 5.41. The van der Waals surface area contributed by atoms with Gasteiger partial charge in [-0.1, -0.05) is 11.2 Å². The largest absolute Gasteiger partial charge is 0.339 e. The number of benzene rings is 1. The molecule has 7 heteroatoms. The molecule has 3 aromatic rings. The number of amides is 1. The Morgan fingerprint density at radius 3 is 2.60 bits per heavy atom. The Labute approximate surface area is 144 Å². The van der Waals surface area contributed by atoms with E-state index in [1.165, 1.54) is 6.92 Å². The van der Waals surface area contributed by atoms with Crippen LogP contribution in [0.25, 0.3) is 11.5 Å². The molecule has 0 aliphatic rings. The van der Waals surface area contributed by atoms with Crippen molar-refractivity contribution in [1.29, 1.82) is 0 Å². The Bertz CT molecular complexity index is 873. The molecule has 1 N–H and O–H groups in total. The number of anilines is 1. The van der Waals surface area contributed by atoms with Gasteiger partial charge < -0.3 is 9.84 Å². The average Bonchev–Trinajstić information content (AvgIpc) is 3.10. The second kappa shape index (κ2) is 7.48. The Kier molecular flexibility index (Phi) is 4.94. The smallest absolute Gasteiger partial charge is 0.227 e. The number of hydrogen-bond acceptors (Lipinski definition) is 6. The van der Waals surface area contributed by atoms with Crippen LogP contribution in [0.5, 0.6) is 0 Å². The first-order valence-electron chi connectivity index (χ1n) is 7.76. The van der Waals surface area contributed by atoms with Crippen molar-refractivity contribution in [3.63, 3.8) is 0 Å². The molecule has 1 amide bonds. The number of aromatic nitrogens is 3. The first-order valence-corrected chi connectivity index (χ1v) is 7.76. The minimum absolute atomic E-state index is 0.0158. The summed E-state index contributed by atoms with van der Waals surface area (Å²) in [6.07, 6.45) is 2.19. The van der Waals surface area contributed by atoms with Crippen LogP contribution >= 0.6 is 0 Å². The van der Waals surface area contributed by atoms with E-state index in [0.717, 1.165) is 0 Å². The van der Waals surface area contributed by atoms with E-state index in [-0.39, 0.29) is 18.1 Å². The van der Waals surface area contributed by atoms with E-state index in [1.54, 1.807) is 42.6 Å². The minimum atomic E-state index is -0.173. The summed E-state index contributed by atoms with van der Waals surface area (Å²) < 4.78 is 5.14. The molecule has 3 rings (SSSR count). The summed E-state index contributed by atoms with van der Waals surface area (Å²) >= 11 is 0. The molecular formula is C18H16N4O3. The number of Topliss-reactive ketones (excluding diaryl/α,β-unsaturated/α-hetero) is 1. The van der Waals surface area contributed by atoms with Gasteiger partial charge in [-0.05, 0) is 43.3 Å². The zero-order valence-electron chi connectivity index (χ0n) is 13.6. The third kappa shape index (κ3) is 4.35. The van der Waals surface area contributed by atoms with Crippen LogP contribution in [0.15, 0.2) is 53.2 Å². The number of pyridine rings is 1. The first kappa shape index (κ1) is 16.5. The molecule has 126 valence electrons. The van der Waals surface area contributed by atoms with Crippen LogP contribution in [0.3, 0.4) is 0 Å². The standard InChI is InChI=1S/C18H16N4O3/c1-12(23)13-5-7-14(8-6-13)20-16(24)9-10-17-21-18(22-25-17)15-4-2-3-11-19-15/h2-8,11H,9-10H2,1H3,(H,20,24). The average molecular weight is 336 g/mol. The molecule has 0 aliphatic heterocycles. The number of carbonyl (C=O) groups is 2. The molecule has 0 fully saturated rings. The van der Waals surface area contributed by atoms with Gasteiger partial charge in [-0.15, -0.1) is 0 Å². The maximum absolute atomic E-state index is 12.0. The Morgan fingerprint density at radius 2 is 1.92 bits per heavy atom. The molecule has 0 saturated carbocycles. The summed E-state index contributed by atoms with van der Waals surface area (Å²) in [7, 11) is 0. The highest BCUT2D eigenvalue weighted by molar-refractivity contribution is 5.95. The monoisotopic (exact) mass is 336 g/mol. The lowest BCUT2D eigenvalue weighted by Crippen LogP contribution is -2.12. The van der Waals surface area contributed by atoms with Gasteiger partial charge in [0.25, 0.3) is 0 Å². The van der Waals surface area contributed by atoms with Gasteiger partial charge in [0.1, 0.15) is 5.69 Å². The van der Waals surface area contributed by atoms with Crippen molar-refractivity contribution in [3.05, 3.63) is 60.1 Å². The van der Waals surface area contributed by atoms with Crippen molar-refractivity contribution in [3.8, 4) is 11.5 Å². The highest BCUT2D eigenvalue weighted by Crippen LogP contribution is 2.14. The van der Waals surface area contributed by atoms with Crippen molar-refractivity contribution >= 4 is 17.4 Å². The molecule has 1 aromatic carbocycles. The normalized spacial score (nSPS) is 10.4. The van der Waals surface area contributed by atoms with Gasteiger partial charge in [0, 0.05) is 30.3 Å². The van der Waals surface area contributed by atoms with E-state index >= 15 is 0 Å². The molecule has 0 bridgehead atoms. The van der Waals surface area contributed by atoms with Crippen molar-refractivity contribution in [2.24, 2.45) is 0 Å². The molecular weight excluding hydrogens is 320 g/mol. The second-order valence-corrected chi connectivity index (χ2v) is 5.41. The highest BCUT2D eigenvalue weighted by Gasteiger charge is 2.11. The van der Waals surface area contributed by atoms with E-state index < -0.39 is 0 Å². The Hall–Kier alpha value is -3.35. The van der Waals surface area contributed by atoms with E-state index in [2.05, 4.69) is 20.4 Å². The number of ketones is 1. The molecule has 2 aromatic heterocycles. The number of rotatable bonds is 6. The maximum Gasteiger partial charge on any atom is 0.227 e. The predicted molar refractivity (Wildman–Crippen MR) is 90.9 cm³/mol. The molecule has 0 unspecified atom stereocenters. The number of carbonyl (C=O) groups excluding carboxylic acids is 2. The summed E-state index contributed by atoms with van der Waals surface area (Å²) in [6, 6.07) is 12.2. The minimum Gasteiger partial charge on any atom is -0.339 e. The van der Waals surface area contributed by atoms with Gasteiger partial charge in [0.05, 0.1) is 0 Å². The van der Waals surface area contributed by atoms with Gasteiger partial charge in [0.2, 0.25) is 17.6 Å². The van der Waals surface area contributed by atoms with Crippen molar-refractivity contribution in [2.75, 3.05) is 5.32 Å². The van der Waals surface area contributed by atoms with Gasteiger partial charge in [-0.3, -0.25) is 14.6 Å². The fourth-order valence-corrected chi connectivity index (χ4v) is 2.19. The third-order valence-electron chi connectivity index (χ3n) is 3.50. The molecule has 0 spiro atoms. The summed E-state index contributed by atoms with van der Waals surface area (Å²) in [5, 5.41) is 6.63. The van der Waals surface area contributed by atoms with E-state index in [4.69, 9.17) is 4.52 Å². The molecule has 0 saturated heterocycles.